The van der Waals surface area contributed by atoms with Crippen LogP contribution in [0, 0.1) is 0 Å². The number of rotatable bonds is 0. The average molecular weight is 367 g/mol. The van der Waals surface area contributed by atoms with Crippen LogP contribution in [0.3, 0.4) is 0 Å². The maximum absolute atomic E-state index is 3.76. The van der Waals surface area contributed by atoms with Gasteiger partial charge in [0.1, 0.15) is 0 Å². The molecule has 1 atom stereocenters. The highest BCUT2D eigenvalue weighted by molar-refractivity contribution is 9.10. The van der Waals surface area contributed by atoms with Crippen LogP contribution in [0.25, 0.3) is 10.9 Å². The molecular weight excluding hydrogens is 348 g/mol. The number of nitrogens with one attached hydrogen (secondary N) is 1. The molecule has 1 aromatic heterocycles. The molecule has 3 heteroatoms. The topological polar surface area (TPSA) is 19.0 Å². The highest BCUT2D eigenvalue weighted by Gasteiger charge is 2.45. The van der Waals surface area contributed by atoms with Gasteiger partial charge in [0.25, 0.3) is 0 Å². The van der Waals surface area contributed by atoms with Crippen LogP contribution < -0.4 is 0 Å². The molecule has 0 radical (unpaired) electrons. The molecular formula is C20H19BrN2. The van der Waals surface area contributed by atoms with Gasteiger partial charge in [0.15, 0.2) is 0 Å². The van der Waals surface area contributed by atoms with E-state index in [9.17, 15) is 0 Å². The molecule has 0 spiro atoms. The molecule has 2 aliphatic rings. The summed E-state index contributed by atoms with van der Waals surface area (Å²) >= 11 is 3.63. The highest BCUT2D eigenvalue weighted by Crippen LogP contribution is 2.46. The molecule has 5 rings (SSSR count). The van der Waals surface area contributed by atoms with Gasteiger partial charge in [-0.15, -0.1) is 0 Å². The van der Waals surface area contributed by atoms with E-state index in [1.165, 1.54) is 33.3 Å². The summed E-state index contributed by atoms with van der Waals surface area (Å²) in [6.45, 7) is 4.68. The van der Waals surface area contributed by atoms with E-state index in [4.69, 9.17) is 0 Å². The standard InChI is InChI=1S/C20H19BrN2/c1-20-17-5-3-2-4-13(17)8-10-23(20)11-9-15-16-12-14(21)6-7-18(16)22-19(15)20/h2-7,12,22H,8-11H2,1H3. The van der Waals surface area contributed by atoms with Crippen LogP contribution in [0.2, 0.25) is 0 Å². The first-order valence-corrected chi connectivity index (χ1v) is 9.11. The zero-order valence-electron chi connectivity index (χ0n) is 13.2. The van der Waals surface area contributed by atoms with E-state index in [-0.39, 0.29) is 5.54 Å². The molecule has 0 aliphatic carbocycles. The number of halogens is 1. The molecule has 0 saturated heterocycles. The molecule has 2 nitrogen and oxygen atoms in total. The van der Waals surface area contributed by atoms with Crippen molar-refractivity contribution < 1.29 is 0 Å². The van der Waals surface area contributed by atoms with Gasteiger partial charge >= 0.3 is 0 Å². The first-order chi connectivity index (χ1) is 11.2. The quantitative estimate of drug-likeness (QED) is 0.615. The predicted molar refractivity (Wildman–Crippen MR) is 97.9 cm³/mol. The third kappa shape index (κ3) is 1.78. The Balaban J connectivity index is 1.83. The maximum Gasteiger partial charge on any atom is 0.0844 e. The molecule has 3 aromatic rings. The van der Waals surface area contributed by atoms with Gasteiger partial charge in [0.2, 0.25) is 0 Å². The molecule has 3 heterocycles. The minimum Gasteiger partial charge on any atom is -0.356 e. The Morgan fingerprint density at radius 3 is 2.83 bits per heavy atom. The lowest BCUT2D eigenvalue weighted by Gasteiger charge is -2.49. The van der Waals surface area contributed by atoms with Crippen LogP contribution >= 0.6 is 15.9 Å². The zero-order chi connectivity index (χ0) is 15.6. The molecule has 2 aromatic carbocycles. The lowest BCUT2D eigenvalue weighted by molar-refractivity contribution is 0.112. The second-order valence-corrected chi connectivity index (χ2v) is 7.80. The summed E-state index contributed by atoms with van der Waals surface area (Å²) in [6.07, 6.45) is 2.29. The third-order valence-electron chi connectivity index (χ3n) is 5.81. The van der Waals surface area contributed by atoms with E-state index in [0.29, 0.717) is 0 Å². The first-order valence-electron chi connectivity index (χ1n) is 8.32. The molecule has 0 amide bonds. The van der Waals surface area contributed by atoms with E-state index in [1.807, 2.05) is 0 Å². The average Bonchev–Trinajstić information content (AvgIpc) is 2.94. The fourth-order valence-electron chi connectivity index (χ4n) is 4.63. The van der Waals surface area contributed by atoms with Gasteiger partial charge in [-0.1, -0.05) is 40.2 Å². The summed E-state index contributed by atoms with van der Waals surface area (Å²) in [5.74, 6) is 0. The first kappa shape index (κ1) is 13.8. The van der Waals surface area contributed by atoms with Crippen molar-refractivity contribution in [1.82, 2.24) is 9.88 Å². The SMILES string of the molecule is CC12c3ccccc3CCN1CCc1c2[nH]c2ccc(Br)cc12. The second-order valence-electron chi connectivity index (χ2n) is 6.88. The molecule has 1 unspecified atom stereocenters. The molecule has 0 saturated carbocycles. The Morgan fingerprint density at radius 2 is 1.91 bits per heavy atom. The number of fused-ring (bicyclic) bond motifs is 7. The third-order valence-corrected chi connectivity index (χ3v) is 6.31. The Kier molecular flexibility index (Phi) is 2.83. The van der Waals surface area contributed by atoms with Gasteiger partial charge in [-0.25, -0.2) is 0 Å². The highest BCUT2D eigenvalue weighted by atomic mass is 79.9. The lowest BCUT2D eigenvalue weighted by atomic mass is 9.75. The van der Waals surface area contributed by atoms with Gasteiger partial charge in [-0.05, 0) is 54.7 Å². The van der Waals surface area contributed by atoms with E-state index in [2.05, 4.69) is 75.2 Å². The van der Waals surface area contributed by atoms with Crippen LogP contribution in [-0.4, -0.2) is 23.0 Å². The van der Waals surface area contributed by atoms with Crippen molar-refractivity contribution in [1.29, 1.82) is 0 Å². The van der Waals surface area contributed by atoms with Crippen LogP contribution in [0.5, 0.6) is 0 Å². The normalized spacial score (nSPS) is 23.4. The minimum absolute atomic E-state index is 0.0338. The van der Waals surface area contributed by atoms with Crippen LogP contribution in [0.15, 0.2) is 46.9 Å². The van der Waals surface area contributed by atoms with Gasteiger partial charge in [-0.3, -0.25) is 4.90 Å². The minimum atomic E-state index is -0.0338. The van der Waals surface area contributed by atoms with Crippen molar-refractivity contribution >= 4 is 26.8 Å². The Morgan fingerprint density at radius 1 is 1.09 bits per heavy atom. The number of aromatic nitrogens is 1. The number of hydrogen-bond donors (Lipinski definition) is 1. The maximum atomic E-state index is 3.76. The van der Waals surface area contributed by atoms with Gasteiger partial charge in [0.05, 0.1) is 5.54 Å². The molecule has 0 bridgehead atoms. The summed E-state index contributed by atoms with van der Waals surface area (Å²) in [6, 6.07) is 15.5. The fourth-order valence-corrected chi connectivity index (χ4v) is 4.99. The van der Waals surface area contributed by atoms with Crippen molar-refractivity contribution in [3.05, 3.63) is 69.3 Å². The van der Waals surface area contributed by atoms with Crippen molar-refractivity contribution in [3.8, 4) is 0 Å². The summed E-state index contributed by atoms with van der Waals surface area (Å²) < 4.78 is 1.16. The Labute approximate surface area is 144 Å². The largest absolute Gasteiger partial charge is 0.356 e. The lowest BCUT2D eigenvalue weighted by Crippen LogP contribution is -2.53. The van der Waals surface area contributed by atoms with E-state index < -0.39 is 0 Å². The van der Waals surface area contributed by atoms with E-state index in [1.54, 1.807) is 0 Å². The fraction of sp³-hybridized carbons (Fsp3) is 0.300. The van der Waals surface area contributed by atoms with Crippen LogP contribution in [0.4, 0.5) is 0 Å². The number of H-pyrrole nitrogens is 1. The number of nitrogens with zero attached hydrogens (tertiary/aromatic N) is 1. The molecule has 1 N–H and O–H groups in total. The second kappa shape index (κ2) is 4.71. The molecule has 2 aliphatic heterocycles. The van der Waals surface area contributed by atoms with Crippen molar-refractivity contribution in [2.24, 2.45) is 0 Å². The van der Waals surface area contributed by atoms with Crippen molar-refractivity contribution in [2.75, 3.05) is 13.1 Å². The van der Waals surface area contributed by atoms with E-state index >= 15 is 0 Å². The smallest absolute Gasteiger partial charge is 0.0844 e. The van der Waals surface area contributed by atoms with Crippen LogP contribution in [-0.2, 0) is 18.4 Å². The number of benzene rings is 2. The molecule has 0 fully saturated rings. The van der Waals surface area contributed by atoms with E-state index in [0.717, 1.165) is 30.4 Å². The van der Waals surface area contributed by atoms with Crippen LogP contribution in [0.1, 0.15) is 29.3 Å². The zero-order valence-corrected chi connectivity index (χ0v) is 14.8. The van der Waals surface area contributed by atoms with Gasteiger partial charge < -0.3 is 4.98 Å². The van der Waals surface area contributed by atoms with Crippen molar-refractivity contribution in [2.45, 2.75) is 25.3 Å². The van der Waals surface area contributed by atoms with Gasteiger partial charge in [-0.2, -0.15) is 0 Å². The predicted octanol–water partition coefficient (Wildman–Crippen LogP) is 4.61. The van der Waals surface area contributed by atoms with Gasteiger partial charge in [0, 0.05) is 34.2 Å². The number of aromatic amines is 1. The molecule has 23 heavy (non-hydrogen) atoms. The Hall–Kier alpha value is -1.58. The summed E-state index contributed by atoms with van der Waals surface area (Å²) in [4.78, 5) is 6.42. The monoisotopic (exact) mass is 366 g/mol. The molecule has 116 valence electrons. The summed E-state index contributed by atoms with van der Waals surface area (Å²) in [5, 5.41) is 1.37. The number of hydrogen-bond acceptors (Lipinski definition) is 1. The van der Waals surface area contributed by atoms with Crippen molar-refractivity contribution in [3.63, 3.8) is 0 Å². The Bertz CT molecular complexity index is 927. The summed E-state index contributed by atoms with van der Waals surface area (Å²) in [5.41, 5.74) is 7.08. The summed E-state index contributed by atoms with van der Waals surface area (Å²) in [7, 11) is 0.